The van der Waals surface area contributed by atoms with Crippen molar-refractivity contribution in [3.63, 3.8) is 0 Å². The van der Waals surface area contributed by atoms with Gasteiger partial charge in [0.2, 0.25) is 0 Å². The largest absolute Gasteiger partial charge is 0.0820 e. The Bertz CT molecular complexity index is 439. The molecule has 0 saturated carbocycles. The summed E-state index contributed by atoms with van der Waals surface area (Å²) in [5, 5.41) is 1.15. The Hall–Kier alpha value is -1.24. The molecule has 0 aliphatic carbocycles. The Kier molecular flexibility index (Phi) is 3.66. The number of rotatable bonds is 2. The number of hydrogen-bond acceptors (Lipinski definition) is 0. The summed E-state index contributed by atoms with van der Waals surface area (Å²) >= 11 is 12.5. The van der Waals surface area contributed by atoms with Gasteiger partial charge in [0.15, 0.2) is 0 Å². The number of benzene rings is 2. The topological polar surface area (TPSA) is 0 Å². The molecule has 0 N–H and O–H groups in total. The smallest absolute Gasteiger partial charge is 0.0670 e. The first kappa shape index (κ1) is 11.3. The molecule has 0 nitrogen and oxygen atoms in total. The Morgan fingerprint density at radius 2 is 0.875 bits per heavy atom. The van der Waals surface area contributed by atoms with Crippen LogP contribution in [0.25, 0.3) is 10.1 Å². The van der Waals surface area contributed by atoms with Crippen molar-refractivity contribution in [2.75, 3.05) is 0 Å². The summed E-state index contributed by atoms with van der Waals surface area (Å²) in [4.78, 5) is 0. The minimum atomic E-state index is 0.577. The third-order valence-electron chi connectivity index (χ3n) is 2.25. The van der Waals surface area contributed by atoms with Crippen LogP contribution in [0, 0.1) is 0 Å². The van der Waals surface area contributed by atoms with E-state index in [1.54, 1.807) is 0 Å². The molecule has 0 unspecified atom stereocenters. The highest BCUT2D eigenvalue weighted by Crippen LogP contribution is 2.32. The van der Waals surface area contributed by atoms with Gasteiger partial charge in [-0.1, -0.05) is 83.9 Å². The van der Waals surface area contributed by atoms with Gasteiger partial charge in [-0.3, -0.25) is 0 Å². The minimum absolute atomic E-state index is 0.577. The standard InChI is InChI=1S/C14H10Cl2/c15-13(11-7-3-1-4-8-11)14(16)12-9-5-2-6-10-12/h1-10H. The second-order valence-electron chi connectivity index (χ2n) is 3.36. The lowest BCUT2D eigenvalue weighted by Gasteiger charge is -2.04. The van der Waals surface area contributed by atoms with E-state index in [1.807, 2.05) is 60.7 Å². The van der Waals surface area contributed by atoms with Gasteiger partial charge in [-0.05, 0) is 11.1 Å². The maximum atomic E-state index is 6.24. The quantitative estimate of drug-likeness (QED) is 0.657. The summed E-state index contributed by atoms with van der Waals surface area (Å²) in [5.74, 6) is 0. The van der Waals surface area contributed by atoms with Gasteiger partial charge >= 0.3 is 0 Å². The molecule has 0 spiro atoms. The second-order valence-corrected chi connectivity index (χ2v) is 4.12. The molecule has 0 bridgehead atoms. The fourth-order valence-electron chi connectivity index (χ4n) is 1.42. The van der Waals surface area contributed by atoms with Crippen molar-refractivity contribution in [2.45, 2.75) is 0 Å². The summed E-state index contributed by atoms with van der Waals surface area (Å²) in [7, 11) is 0. The molecule has 2 aromatic rings. The van der Waals surface area contributed by atoms with E-state index >= 15 is 0 Å². The Morgan fingerprint density at radius 1 is 0.562 bits per heavy atom. The zero-order chi connectivity index (χ0) is 11.4. The zero-order valence-electron chi connectivity index (χ0n) is 8.53. The van der Waals surface area contributed by atoms with Crippen LogP contribution in [0.4, 0.5) is 0 Å². The summed E-state index contributed by atoms with van der Waals surface area (Å²) in [5.41, 5.74) is 1.86. The van der Waals surface area contributed by atoms with Gasteiger partial charge < -0.3 is 0 Å². The van der Waals surface area contributed by atoms with E-state index in [-0.39, 0.29) is 0 Å². The highest BCUT2D eigenvalue weighted by Gasteiger charge is 2.06. The zero-order valence-corrected chi connectivity index (χ0v) is 10.0. The van der Waals surface area contributed by atoms with Crippen molar-refractivity contribution < 1.29 is 0 Å². The van der Waals surface area contributed by atoms with Crippen LogP contribution < -0.4 is 0 Å². The van der Waals surface area contributed by atoms with E-state index in [0.717, 1.165) is 11.1 Å². The third kappa shape index (κ3) is 2.46. The van der Waals surface area contributed by atoms with E-state index in [1.165, 1.54) is 0 Å². The molecule has 0 radical (unpaired) electrons. The van der Waals surface area contributed by atoms with Crippen LogP contribution in [0.1, 0.15) is 11.1 Å². The molecule has 2 rings (SSSR count). The Balaban J connectivity index is 2.43. The fourth-order valence-corrected chi connectivity index (χ4v) is 1.89. The van der Waals surface area contributed by atoms with Crippen molar-refractivity contribution in [2.24, 2.45) is 0 Å². The highest BCUT2D eigenvalue weighted by molar-refractivity contribution is 6.65. The maximum absolute atomic E-state index is 6.24. The first-order chi connectivity index (χ1) is 7.79. The predicted molar refractivity (Wildman–Crippen MR) is 71.4 cm³/mol. The van der Waals surface area contributed by atoms with Crippen molar-refractivity contribution in [1.82, 2.24) is 0 Å². The normalized spacial score (nSPS) is 12.1. The lowest BCUT2D eigenvalue weighted by molar-refractivity contribution is 1.63. The van der Waals surface area contributed by atoms with Gasteiger partial charge in [-0.15, -0.1) is 0 Å². The minimum Gasteiger partial charge on any atom is -0.0820 e. The second kappa shape index (κ2) is 5.20. The van der Waals surface area contributed by atoms with Crippen LogP contribution in [-0.2, 0) is 0 Å². The first-order valence-corrected chi connectivity index (χ1v) is 5.71. The molecule has 2 aromatic carbocycles. The average Bonchev–Trinajstić information content (AvgIpc) is 2.39. The van der Waals surface area contributed by atoms with E-state index < -0.39 is 0 Å². The van der Waals surface area contributed by atoms with Crippen molar-refractivity contribution in [1.29, 1.82) is 0 Å². The lowest BCUT2D eigenvalue weighted by Crippen LogP contribution is -1.81. The molecule has 2 heteroatoms. The average molecular weight is 249 g/mol. The Morgan fingerprint density at radius 3 is 1.19 bits per heavy atom. The van der Waals surface area contributed by atoms with Gasteiger partial charge in [0.1, 0.15) is 0 Å². The van der Waals surface area contributed by atoms with Crippen molar-refractivity contribution >= 4 is 33.3 Å². The van der Waals surface area contributed by atoms with E-state index in [4.69, 9.17) is 23.2 Å². The van der Waals surface area contributed by atoms with Crippen LogP contribution in [-0.4, -0.2) is 0 Å². The molecule has 0 aliphatic heterocycles. The maximum Gasteiger partial charge on any atom is 0.0670 e. The lowest BCUT2D eigenvalue weighted by atomic mass is 10.1. The van der Waals surface area contributed by atoms with E-state index in [2.05, 4.69) is 0 Å². The van der Waals surface area contributed by atoms with Gasteiger partial charge in [0.05, 0.1) is 10.1 Å². The van der Waals surface area contributed by atoms with Crippen LogP contribution in [0.5, 0.6) is 0 Å². The molecule has 0 saturated heterocycles. The molecular formula is C14H10Cl2. The fraction of sp³-hybridized carbons (Fsp3) is 0. The molecule has 0 aromatic heterocycles. The molecule has 0 amide bonds. The molecular weight excluding hydrogens is 239 g/mol. The number of hydrogen-bond donors (Lipinski definition) is 0. The number of halogens is 2. The van der Waals surface area contributed by atoms with E-state index in [9.17, 15) is 0 Å². The summed E-state index contributed by atoms with van der Waals surface area (Å²) in [6.45, 7) is 0. The summed E-state index contributed by atoms with van der Waals surface area (Å²) < 4.78 is 0. The van der Waals surface area contributed by atoms with Gasteiger partial charge in [0, 0.05) is 0 Å². The van der Waals surface area contributed by atoms with Crippen LogP contribution in [0.15, 0.2) is 60.7 Å². The third-order valence-corrected chi connectivity index (χ3v) is 3.16. The van der Waals surface area contributed by atoms with Gasteiger partial charge in [0.25, 0.3) is 0 Å². The molecule has 0 aliphatic rings. The van der Waals surface area contributed by atoms with Crippen LogP contribution >= 0.6 is 23.2 Å². The van der Waals surface area contributed by atoms with Crippen LogP contribution in [0.2, 0.25) is 0 Å². The van der Waals surface area contributed by atoms with Crippen molar-refractivity contribution in [3.05, 3.63) is 71.8 Å². The SMILES string of the molecule is ClC(=C(Cl)c1ccccc1)c1ccccc1. The monoisotopic (exact) mass is 248 g/mol. The summed E-state index contributed by atoms with van der Waals surface area (Å²) in [6.07, 6.45) is 0. The molecule has 0 heterocycles. The van der Waals surface area contributed by atoms with Gasteiger partial charge in [-0.2, -0.15) is 0 Å². The predicted octanol–water partition coefficient (Wildman–Crippen LogP) is 4.99. The van der Waals surface area contributed by atoms with E-state index in [0.29, 0.717) is 10.1 Å². The molecule has 16 heavy (non-hydrogen) atoms. The first-order valence-electron chi connectivity index (χ1n) is 4.95. The molecule has 80 valence electrons. The molecule has 0 fully saturated rings. The Labute approximate surface area is 105 Å². The van der Waals surface area contributed by atoms with Crippen LogP contribution in [0.3, 0.4) is 0 Å². The molecule has 0 atom stereocenters. The van der Waals surface area contributed by atoms with Gasteiger partial charge in [-0.25, -0.2) is 0 Å². The summed E-state index contributed by atoms with van der Waals surface area (Å²) in [6, 6.07) is 19.4. The highest BCUT2D eigenvalue weighted by atomic mass is 35.5. The van der Waals surface area contributed by atoms with Crippen molar-refractivity contribution in [3.8, 4) is 0 Å².